The number of anilines is 1. The summed E-state index contributed by atoms with van der Waals surface area (Å²) in [5.41, 5.74) is 1.14. The van der Waals surface area contributed by atoms with Gasteiger partial charge in [0.1, 0.15) is 6.04 Å². The van der Waals surface area contributed by atoms with Crippen molar-refractivity contribution in [1.29, 1.82) is 0 Å². The van der Waals surface area contributed by atoms with Gasteiger partial charge in [-0.3, -0.25) is 24.3 Å². The first-order valence-electron chi connectivity index (χ1n) is 6.68. The molecule has 3 heterocycles. The molecule has 21 heavy (non-hydrogen) atoms. The van der Waals surface area contributed by atoms with Gasteiger partial charge in [-0.05, 0) is 13.3 Å². The molecule has 8 heteroatoms. The topological polar surface area (TPSA) is 95.9 Å². The van der Waals surface area contributed by atoms with Gasteiger partial charge < -0.3 is 5.32 Å². The van der Waals surface area contributed by atoms with Crippen molar-refractivity contribution in [3.8, 4) is 0 Å². The smallest absolute Gasteiger partial charge is 0.255 e. The lowest BCUT2D eigenvalue weighted by molar-refractivity contribution is -0.118. The second-order valence-electron chi connectivity index (χ2n) is 5.06. The summed E-state index contributed by atoms with van der Waals surface area (Å²) < 4.78 is 1.64. The van der Waals surface area contributed by atoms with E-state index >= 15 is 0 Å². The predicted molar refractivity (Wildman–Crippen MR) is 74.8 cm³/mol. The minimum absolute atomic E-state index is 0.136. The van der Waals surface area contributed by atoms with E-state index in [4.69, 9.17) is 0 Å². The van der Waals surface area contributed by atoms with Crippen LogP contribution in [0.2, 0.25) is 0 Å². The van der Waals surface area contributed by atoms with Crippen LogP contribution in [-0.2, 0) is 11.8 Å². The fraction of sp³-hybridized carbons (Fsp3) is 0.385. The standard InChI is InChI=1S/C13H16N6O2/c1-8-9(7-14-16-8)12(20)15-10-3-6-19(13(10)21)11-4-5-18(2)17-11/h4-5,7,10H,3,6H2,1-2H3,(H,14,16)(H,15,20). The van der Waals surface area contributed by atoms with Crippen molar-refractivity contribution in [3.63, 3.8) is 0 Å². The average Bonchev–Trinajstić information content (AvgIpc) is 3.13. The summed E-state index contributed by atoms with van der Waals surface area (Å²) in [5.74, 6) is 0.185. The van der Waals surface area contributed by atoms with E-state index in [0.717, 1.165) is 0 Å². The number of amides is 2. The van der Waals surface area contributed by atoms with Crippen molar-refractivity contribution in [2.24, 2.45) is 7.05 Å². The van der Waals surface area contributed by atoms with Crippen molar-refractivity contribution >= 4 is 17.6 Å². The van der Waals surface area contributed by atoms with Crippen LogP contribution >= 0.6 is 0 Å². The van der Waals surface area contributed by atoms with E-state index in [-0.39, 0.29) is 11.8 Å². The number of hydrogen-bond donors (Lipinski definition) is 2. The number of nitrogens with one attached hydrogen (secondary N) is 2. The zero-order chi connectivity index (χ0) is 15.0. The van der Waals surface area contributed by atoms with Crippen LogP contribution in [0.1, 0.15) is 22.5 Å². The van der Waals surface area contributed by atoms with Crippen LogP contribution in [0, 0.1) is 6.92 Å². The van der Waals surface area contributed by atoms with Crippen molar-refractivity contribution < 1.29 is 9.59 Å². The SMILES string of the molecule is Cc1[nH]ncc1C(=O)NC1CCN(c2ccn(C)n2)C1=O. The largest absolute Gasteiger partial charge is 0.340 e. The molecule has 0 bridgehead atoms. The number of H-pyrrole nitrogens is 1. The Morgan fingerprint density at radius 3 is 2.95 bits per heavy atom. The number of hydrogen-bond acceptors (Lipinski definition) is 4. The van der Waals surface area contributed by atoms with Crippen LogP contribution < -0.4 is 10.2 Å². The van der Waals surface area contributed by atoms with E-state index in [0.29, 0.717) is 30.0 Å². The van der Waals surface area contributed by atoms with Gasteiger partial charge in [-0.2, -0.15) is 10.2 Å². The Morgan fingerprint density at radius 1 is 1.52 bits per heavy atom. The van der Waals surface area contributed by atoms with Gasteiger partial charge in [-0.15, -0.1) is 0 Å². The zero-order valence-corrected chi connectivity index (χ0v) is 11.8. The Balaban J connectivity index is 1.70. The Hall–Kier alpha value is -2.64. The summed E-state index contributed by atoms with van der Waals surface area (Å²) in [7, 11) is 1.80. The van der Waals surface area contributed by atoms with Gasteiger partial charge in [0.05, 0.1) is 11.8 Å². The van der Waals surface area contributed by atoms with Crippen LogP contribution in [-0.4, -0.2) is 44.4 Å². The maximum atomic E-state index is 12.3. The number of rotatable bonds is 3. The zero-order valence-electron chi connectivity index (χ0n) is 11.8. The number of aromatic amines is 1. The van der Waals surface area contributed by atoms with Crippen LogP contribution in [0.4, 0.5) is 5.82 Å². The van der Waals surface area contributed by atoms with Gasteiger partial charge in [0.2, 0.25) is 0 Å². The second-order valence-corrected chi connectivity index (χ2v) is 5.06. The molecule has 2 N–H and O–H groups in total. The first kappa shape index (κ1) is 13.3. The first-order chi connectivity index (χ1) is 10.1. The van der Waals surface area contributed by atoms with Crippen LogP contribution in [0.5, 0.6) is 0 Å². The highest BCUT2D eigenvalue weighted by Crippen LogP contribution is 2.19. The van der Waals surface area contributed by atoms with Crippen molar-refractivity contribution in [3.05, 3.63) is 29.7 Å². The van der Waals surface area contributed by atoms with Crippen molar-refractivity contribution in [2.45, 2.75) is 19.4 Å². The molecule has 1 fully saturated rings. The maximum Gasteiger partial charge on any atom is 0.255 e. The van der Waals surface area contributed by atoms with E-state index in [2.05, 4.69) is 20.6 Å². The molecule has 2 amide bonds. The van der Waals surface area contributed by atoms with E-state index in [1.807, 2.05) is 0 Å². The minimum Gasteiger partial charge on any atom is -0.340 e. The fourth-order valence-electron chi connectivity index (χ4n) is 2.40. The van der Waals surface area contributed by atoms with E-state index in [9.17, 15) is 9.59 Å². The summed E-state index contributed by atoms with van der Waals surface area (Å²) in [6.45, 7) is 2.31. The molecular weight excluding hydrogens is 272 g/mol. The highest BCUT2D eigenvalue weighted by atomic mass is 16.2. The molecule has 1 aliphatic rings. The number of aromatic nitrogens is 4. The Kier molecular flexibility index (Phi) is 3.20. The van der Waals surface area contributed by atoms with Gasteiger partial charge >= 0.3 is 0 Å². The Bertz CT molecular complexity index is 688. The Labute approximate surface area is 121 Å². The summed E-state index contributed by atoms with van der Waals surface area (Å²) in [6, 6.07) is 1.26. The molecule has 2 aromatic rings. The quantitative estimate of drug-likeness (QED) is 0.830. The number of carbonyl (C=O) groups is 2. The molecule has 1 saturated heterocycles. The summed E-state index contributed by atoms with van der Waals surface area (Å²) in [6.07, 6.45) is 3.81. The lowest BCUT2D eigenvalue weighted by atomic mass is 10.2. The van der Waals surface area contributed by atoms with Gasteiger partial charge in [-0.25, -0.2) is 0 Å². The lowest BCUT2D eigenvalue weighted by Crippen LogP contribution is -2.41. The molecule has 3 rings (SSSR count). The van der Waals surface area contributed by atoms with E-state index in [1.54, 1.807) is 35.8 Å². The lowest BCUT2D eigenvalue weighted by Gasteiger charge is -2.14. The monoisotopic (exact) mass is 288 g/mol. The van der Waals surface area contributed by atoms with Gasteiger partial charge in [0.15, 0.2) is 5.82 Å². The van der Waals surface area contributed by atoms with Crippen molar-refractivity contribution in [1.82, 2.24) is 25.3 Å². The van der Waals surface area contributed by atoms with E-state index < -0.39 is 6.04 Å². The third-order valence-electron chi connectivity index (χ3n) is 3.56. The highest BCUT2D eigenvalue weighted by molar-refractivity contribution is 6.03. The number of carbonyl (C=O) groups excluding carboxylic acids is 2. The normalized spacial score (nSPS) is 18.3. The minimum atomic E-state index is -0.520. The summed E-state index contributed by atoms with van der Waals surface area (Å²) >= 11 is 0. The third-order valence-corrected chi connectivity index (χ3v) is 3.56. The maximum absolute atomic E-state index is 12.3. The number of nitrogens with zero attached hydrogens (tertiary/aromatic N) is 4. The second kappa shape index (κ2) is 5.04. The molecule has 8 nitrogen and oxygen atoms in total. The van der Waals surface area contributed by atoms with Crippen LogP contribution in [0.15, 0.2) is 18.5 Å². The molecule has 0 radical (unpaired) electrons. The molecule has 110 valence electrons. The first-order valence-corrected chi connectivity index (χ1v) is 6.68. The molecule has 0 saturated carbocycles. The van der Waals surface area contributed by atoms with Crippen LogP contribution in [0.3, 0.4) is 0 Å². The van der Waals surface area contributed by atoms with Gasteiger partial charge in [-0.1, -0.05) is 0 Å². The third kappa shape index (κ3) is 2.39. The molecule has 0 spiro atoms. The van der Waals surface area contributed by atoms with Crippen LogP contribution in [0.25, 0.3) is 0 Å². The average molecular weight is 288 g/mol. The summed E-state index contributed by atoms with van der Waals surface area (Å²) in [4.78, 5) is 26.0. The molecule has 2 aromatic heterocycles. The molecule has 0 aromatic carbocycles. The molecule has 1 unspecified atom stereocenters. The predicted octanol–water partition coefficient (Wildman–Crippen LogP) is -0.0131. The summed E-state index contributed by atoms with van der Waals surface area (Å²) in [5, 5.41) is 13.5. The highest BCUT2D eigenvalue weighted by Gasteiger charge is 2.35. The van der Waals surface area contributed by atoms with Gasteiger partial charge in [0.25, 0.3) is 11.8 Å². The fourth-order valence-corrected chi connectivity index (χ4v) is 2.40. The van der Waals surface area contributed by atoms with Gasteiger partial charge in [0, 0.05) is 31.5 Å². The van der Waals surface area contributed by atoms with Crippen molar-refractivity contribution in [2.75, 3.05) is 11.4 Å². The molecule has 1 aliphatic heterocycles. The Morgan fingerprint density at radius 2 is 2.33 bits per heavy atom. The van der Waals surface area contributed by atoms with E-state index in [1.165, 1.54) is 6.20 Å². The molecule has 1 atom stereocenters. The molecule has 0 aliphatic carbocycles. The number of aryl methyl sites for hydroxylation is 2. The molecular formula is C13H16N6O2.